The van der Waals surface area contributed by atoms with Crippen molar-refractivity contribution in [3.05, 3.63) is 87.3 Å². The van der Waals surface area contributed by atoms with Crippen LogP contribution in [-0.2, 0) is 24.8 Å². The molecule has 0 unspecified atom stereocenters. The van der Waals surface area contributed by atoms with Gasteiger partial charge in [0.05, 0.1) is 20.5 Å². The molecule has 0 aromatic heterocycles. The number of sulfonamides is 2. The zero-order valence-electron chi connectivity index (χ0n) is 15.9. The van der Waals surface area contributed by atoms with E-state index >= 15 is 0 Å². The number of halogens is 1. The number of hydrogen-bond donors (Lipinski definition) is 0. The summed E-state index contributed by atoms with van der Waals surface area (Å²) >= 11 is 5.89. The molecule has 10 heteroatoms. The third kappa shape index (κ3) is 4.86. The molecule has 0 saturated heterocycles. The predicted octanol–water partition coefficient (Wildman–Crippen LogP) is 3.79. The molecule has 156 valence electrons. The Labute approximate surface area is 179 Å². The molecule has 3 rings (SSSR count). The van der Waals surface area contributed by atoms with Crippen molar-refractivity contribution in [1.82, 2.24) is 0 Å². The summed E-state index contributed by atoms with van der Waals surface area (Å²) in [7, 11) is -8.32. The summed E-state index contributed by atoms with van der Waals surface area (Å²) in [6.45, 7) is 3.60. The third-order valence-corrected chi connectivity index (χ3v) is 7.00. The molecule has 0 aliphatic heterocycles. The predicted molar refractivity (Wildman–Crippen MR) is 115 cm³/mol. The number of carbonyl (C=O) groups is 1. The van der Waals surface area contributed by atoms with E-state index in [9.17, 15) is 21.6 Å². The Morgan fingerprint density at radius 1 is 0.800 bits per heavy atom. The molecular formula is C20H16ClN2O5S2-. The van der Waals surface area contributed by atoms with Gasteiger partial charge in [0.15, 0.2) is 5.78 Å². The van der Waals surface area contributed by atoms with Crippen molar-refractivity contribution in [2.24, 2.45) is 4.40 Å². The highest BCUT2D eigenvalue weighted by molar-refractivity contribution is 7.94. The van der Waals surface area contributed by atoms with Crippen molar-refractivity contribution in [3.8, 4) is 0 Å². The maximum absolute atomic E-state index is 12.5. The number of benzene rings is 2. The van der Waals surface area contributed by atoms with Crippen LogP contribution < -0.4 is 0 Å². The molecule has 0 saturated carbocycles. The number of aryl methyl sites for hydroxylation is 2. The van der Waals surface area contributed by atoms with E-state index in [0.29, 0.717) is 0 Å². The van der Waals surface area contributed by atoms with Gasteiger partial charge in [0.1, 0.15) is 10.0 Å². The second-order valence-electron chi connectivity index (χ2n) is 6.53. The van der Waals surface area contributed by atoms with Gasteiger partial charge < -0.3 is 4.72 Å². The van der Waals surface area contributed by atoms with Crippen molar-refractivity contribution in [1.29, 1.82) is 0 Å². The largest absolute Gasteiger partial charge is 0.569 e. The molecule has 0 spiro atoms. The number of Topliss-reactive ketones (excluding diaryl/α,β-unsaturated/α-hetero) is 1. The summed E-state index contributed by atoms with van der Waals surface area (Å²) in [6, 6.07) is 11.9. The average molecular weight is 464 g/mol. The monoisotopic (exact) mass is 463 g/mol. The van der Waals surface area contributed by atoms with Crippen LogP contribution in [0, 0.1) is 13.8 Å². The summed E-state index contributed by atoms with van der Waals surface area (Å²) in [5, 5.41) is -0.395. The van der Waals surface area contributed by atoms with Gasteiger partial charge in [0.2, 0.25) is 0 Å². The van der Waals surface area contributed by atoms with Crippen LogP contribution in [0.15, 0.2) is 85.6 Å². The van der Waals surface area contributed by atoms with Crippen LogP contribution in [0.5, 0.6) is 0 Å². The van der Waals surface area contributed by atoms with Crippen LogP contribution >= 0.6 is 11.6 Å². The lowest BCUT2D eigenvalue weighted by Gasteiger charge is -2.26. The fraction of sp³-hybridized carbons (Fsp3) is 0.100. The van der Waals surface area contributed by atoms with E-state index in [-0.39, 0.29) is 15.5 Å². The molecule has 0 radical (unpaired) electrons. The lowest BCUT2D eigenvalue weighted by Crippen LogP contribution is -2.15. The van der Waals surface area contributed by atoms with Crippen molar-refractivity contribution in [2.75, 3.05) is 0 Å². The Hall–Kier alpha value is -2.75. The van der Waals surface area contributed by atoms with Crippen molar-refractivity contribution >= 4 is 43.1 Å². The lowest BCUT2D eigenvalue weighted by molar-refractivity contribution is -0.111. The van der Waals surface area contributed by atoms with Crippen LogP contribution in [0.3, 0.4) is 0 Å². The number of ketones is 1. The number of nitrogens with zero attached hydrogens (tertiary/aromatic N) is 2. The van der Waals surface area contributed by atoms with Gasteiger partial charge in [-0.05, 0) is 50.3 Å². The van der Waals surface area contributed by atoms with E-state index in [1.165, 1.54) is 24.3 Å². The highest BCUT2D eigenvalue weighted by Crippen LogP contribution is 2.28. The molecule has 0 N–H and O–H groups in total. The minimum absolute atomic E-state index is 0.0545. The molecule has 1 aliphatic rings. The average Bonchev–Trinajstić information content (AvgIpc) is 2.66. The molecule has 2 aromatic carbocycles. The van der Waals surface area contributed by atoms with Gasteiger partial charge in [-0.3, -0.25) is 4.79 Å². The Balaban J connectivity index is 1.97. The Kier molecular flexibility index (Phi) is 5.98. The summed E-state index contributed by atoms with van der Waals surface area (Å²) in [4.78, 5) is 12.1. The van der Waals surface area contributed by atoms with E-state index in [4.69, 9.17) is 11.6 Å². The zero-order valence-corrected chi connectivity index (χ0v) is 18.3. The molecule has 0 atom stereocenters. The minimum atomic E-state index is -4.21. The van der Waals surface area contributed by atoms with Gasteiger partial charge in [-0.2, -0.15) is 12.8 Å². The molecule has 0 amide bonds. The molecule has 1 aliphatic carbocycles. The van der Waals surface area contributed by atoms with Gasteiger partial charge in [-0.25, -0.2) is 8.42 Å². The van der Waals surface area contributed by atoms with Crippen LogP contribution in [0.25, 0.3) is 4.72 Å². The number of carbonyl (C=O) groups excluding carboxylic acids is 1. The van der Waals surface area contributed by atoms with Gasteiger partial charge in [-0.1, -0.05) is 52.7 Å². The Morgan fingerprint density at radius 3 is 1.83 bits per heavy atom. The normalized spacial score (nSPS) is 16.2. The lowest BCUT2D eigenvalue weighted by atomic mass is 10.1. The smallest absolute Gasteiger partial charge is 0.282 e. The van der Waals surface area contributed by atoms with E-state index in [0.717, 1.165) is 23.3 Å². The molecule has 0 fully saturated rings. The van der Waals surface area contributed by atoms with Crippen LogP contribution in [0.2, 0.25) is 0 Å². The fourth-order valence-corrected chi connectivity index (χ4v) is 4.64. The van der Waals surface area contributed by atoms with Crippen LogP contribution in [0.1, 0.15) is 11.1 Å². The highest BCUT2D eigenvalue weighted by Gasteiger charge is 2.19. The van der Waals surface area contributed by atoms with Gasteiger partial charge in [0, 0.05) is 0 Å². The molecule has 7 nitrogen and oxygen atoms in total. The molecular weight excluding hydrogens is 448 g/mol. The standard InChI is InChI=1S/C20H16ClN2O5S2/c1-13-3-7-16(8-4-13)29(25,26)22-15-11-18(21)20(24)19(12-15)23-30(27,28)17-9-5-14(2)6-10-17/h3-12H,1-2H3/q-1. The maximum Gasteiger partial charge on any atom is 0.282 e. The van der Waals surface area contributed by atoms with E-state index < -0.39 is 36.6 Å². The third-order valence-electron chi connectivity index (χ3n) is 4.09. The minimum Gasteiger partial charge on any atom is -0.569 e. The first kappa shape index (κ1) is 21.9. The number of allylic oxidation sites excluding steroid dienone is 3. The van der Waals surface area contributed by atoms with Crippen molar-refractivity contribution < 1.29 is 21.6 Å². The number of rotatable bonds is 5. The van der Waals surface area contributed by atoms with E-state index in [2.05, 4.69) is 9.12 Å². The van der Waals surface area contributed by atoms with Crippen LogP contribution in [-0.4, -0.2) is 28.3 Å². The second-order valence-corrected chi connectivity index (χ2v) is 10.2. The first-order valence-corrected chi connectivity index (χ1v) is 11.8. The fourth-order valence-electron chi connectivity index (χ4n) is 2.48. The van der Waals surface area contributed by atoms with E-state index in [1.807, 2.05) is 6.92 Å². The topological polar surface area (TPSA) is 112 Å². The summed E-state index contributed by atoms with van der Waals surface area (Å²) < 4.78 is 57.3. The summed E-state index contributed by atoms with van der Waals surface area (Å²) in [5.74, 6) is -0.848. The molecule has 0 bridgehead atoms. The van der Waals surface area contributed by atoms with Crippen molar-refractivity contribution in [3.63, 3.8) is 0 Å². The molecule has 2 aromatic rings. The SMILES string of the molecule is Cc1ccc(S(=O)(=O)N=C2C=C(Cl)C(=O)C([N-]S(=O)(=O)c3ccc(C)cc3)=C2)cc1. The van der Waals surface area contributed by atoms with Crippen molar-refractivity contribution in [2.45, 2.75) is 23.6 Å². The second kappa shape index (κ2) is 8.17. The van der Waals surface area contributed by atoms with Gasteiger partial charge in [-0.15, -0.1) is 0 Å². The summed E-state index contributed by atoms with van der Waals surface area (Å²) in [5.41, 5.74) is 0.984. The number of hydrogen-bond acceptors (Lipinski definition) is 5. The van der Waals surface area contributed by atoms with Gasteiger partial charge in [0.25, 0.3) is 10.0 Å². The Morgan fingerprint density at radius 2 is 1.30 bits per heavy atom. The highest BCUT2D eigenvalue weighted by atomic mass is 35.5. The first-order valence-electron chi connectivity index (χ1n) is 8.58. The first-order chi connectivity index (χ1) is 14.0. The maximum atomic E-state index is 12.5. The molecule has 0 heterocycles. The zero-order chi connectivity index (χ0) is 22.1. The summed E-state index contributed by atoms with van der Waals surface area (Å²) in [6.07, 6.45) is 2.03. The van der Waals surface area contributed by atoms with Gasteiger partial charge >= 0.3 is 0 Å². The van der Waals surface area contributed by atoms with Crippen LogP contribution in [0.4, 0.5) is 0 Å². The quantitative estimate of drug-likeness (QED) is 0.626. The Bertz CT molecular complexity index is 1310. The molecule has 30 heavy (non-hydrogen) atoms. The van der Waals surface area contributed by atoms with E-state index in [1.54, 1.807) is 31.2 Å².